The van der Waals surface area contributed by atoms with E-state index in [0.29, 0.717) is 17.2 Å². The number of aryl methyl sites for hydroxylation is 1. The Morgan fingerprint density at radius 2 is 1.86 bits per heavy atom. The summed E-state index contributed by atoms with van der Waals surface area (Å²) >= 11 is 0. The molecule has 2 N–H and O–H groups in total. The van der Waals surface area contributed by atoms with Gasteiger partial charge in [-0.05, 0) is 38.1 Å². The summed E-state index contributed by atoms with van der Waals surface area (Å²) in [5, 5.41) is 9.28. The molecule has 0 spiro atoms. The van der Waals surface area contributed by atoms with Crippen LogP contribution in [0.5, 0.6) is 17.4 Å². The smallest absolute Gasteiger partial charge is 0.239 e. The number of rotatable bonds is 4. The normalized spacial score (nSPS) is 9.91. The lowest BCUT2D eigenvalue weighted by atomic mass is 10.0. The molecule has 0 amide bonds. The Balaban J connectivity index is 2.47. The summed E-state index contributed by atoms with van der Waals surface area (Å²) in [4.78, 5) is 15.8. The van der Waals surface area contributed by atoms with Crippen LogP contribution in [-0.2, 0) is 0 Å². The van der Waals surface area contributed by atoms with Crippen molar-refractivity contribution in [2.45, 2.75) is 13.8 Å². The third-order valence-electron chi connectivity index (χ3n) is 3.12. The molecule has 2 rings (SSSR count). The zero-order valence-corrected chi connectivity index (χ0v) is 12.5. The van der Waals surface area contributed by atoms with Gasteiger partial charge in [0.25, 0.3) is 0 Å². The number of nitrogens with zero attached hydrogens (tertiary/aromatic N) is 2. The van der Waals surface area contributed by atoms with Crippen LogP contribution in [0.4, 0.5) is 5.69 Å². The highest BCUT2D eigenvalue weighted by atomic mass is 16.5. The molecule has 0 bridgehead atoms. The largest absolute Gasteiger partial charge is 0.497 e. The number of hydrogen-bond acceptors (Lipinski definition) is 6. The summed E-state index contributed by atoms with van der Waals surface area (Å²) in [6, 6.07) is 8.76. The van der Waals surface area contributed by atoms with Gasteiger partial charge in [-0.25, -0.2) is 4.98 Å². The van der Waals surface area contributed by atoms with E-state index >= 15 is 0 Å². The molecule has 112 valence electrons. The summed E-state index contributed by atoms with van der Waals surface area (Å²) in [7, 11) is 1.57. The van der Waals surface area contributed by atoms with Crippen molar-refractivity contribution in [3.8, 4) is 23.4 Å². The Labute approximate surface area is 128 Å². The molecule has 0 unspecified atom stereocenters. The Morgan fingerprint density at radius 3 is 2.36 bits per heavy atom. The number of anilines is 1. The zero-order chi connectivity index (χ0) is 16.3. The van der Waals surface area contributed by atoms with E-state index in [4.69, 9.17) is 15.2 Å². The fraction of sp³-hybridized carbons (Fsp3) is 0.188. The highest BCUT2D eigenvalue weighted by Gasteiger charge is 2.19. The minimum Gasteiger partial charge on any atom is -0.497 e. The molecule has 1 heterocycles. The van der Waals surface area contributed by atoms with Gasteiger partial charge in [0, 0.05) is 0 Å². The second-order valence-electron chi connectivity index (χ2n) is 4.61. The lowest BCUT2D eigenvalue weighted by Crippen LogP contribution is -2.09. The molecule has 22 heavy (non-hydrogen) atoms. The van der Waals surface area contributed by atoms with Gasteiger partial charge in [-0.3, -0.25) is 4.79 Å². The van der Waals surface area contributed by atoms with E-state index in [0.717, 1.165) is 0 Å². The number of carbonyl (C=O) groups excluding carboxylic acids is 1. The Kier molecular flexibility index (Phi) is 4.28. The van der Waals surface area contributed by atoms with Crippen LogP contribution in [0.3, 0.4) is 0 Å². The third kappa shape index (κ3) is 2.83. The number of pyridine rings is 1. The number of nitrogen functional groups attached to an aromatic ring is 1. The van der Waals surface area contributed by atoms with E-state index < -0.39 is 0 Å². The molecule has 6 heteroatoms. The number of ether oxygens (including phenoxy) is 2. The SMILES string of the molecule is COc1ccc(Oc2nc(C)c(C(C)=O)c(N)c2C#N)cc1. The van der Waals surface area contributed by atoms with Gasteiger partial charge >= 0.3 is 0 Å². The quantitative estimate of drug-likeness (QED) is 0.871. The van der Waals surface area contributed by atoms with E-state index in [9.17, 15) is 10.1 Å². The summed E-state index contributed by atoms with van der Waals surface area (Å²) < 4.78 is 10.7. The van der Waals surface area contributed by atoms with Gasteiger partial charge in [0.15, 0.2) is 5.78 Å². The van der Waals surface area contributed by atoms with Gasteiger partial charge < -0.3 is 15.2 Å². The van der Waals surface area contributed by atoms with E-state index in [1.165, 1.54) is 6.92 Å². The van der Waals surface area contributed by atoms with Crippen LogP contribution < -0.4 is 15.2 Å². The standard InChI is InChI=1S/C16H15N3O3/c1-9-14(10(2)20)15(18)13(8-17)16(19-9)22-12-6-4-11(21-3)5-7-12/h4-7H,1-3H3,(H2,18,19). The van der Waals surface area contributed by atoms with E-state index in [2.05, 4.69) is 4.98 Å². The van der Waals surface area contributed by atoms with Gasteiger partial charge in [0.2, 0.25) is 5.88 Å². The van der Waals surface area contributed by atoms with Crippen LogP contribution in [0.25, 0.3) is 0 Å². The van der Waals surface area contributed by atoms with Crippen molar-refractivity contribution in [3.63, 3.8) is 0 Å². The van der Waals surface area contributed by atoms with Gasteiger partial charge in [0.1, 0.15) is 23.1 Å². The second-order valence-corrected chi connectivity index (χ2v) is 4.61. The molecule has 0 fully saturated rings. The number of nitriles is 1. The lowest BCUT2D eigenvalue weighted by Gasteiger charge is -2.12. The molecule has 0 saturated heterocycles. The van der Waals surface area contributed by atoms with E-state index in [1.807, 2.05) is 6.07 Å². The van der Waals surface area contributed by atoms with E-state index in [1.54, 1.807) is 38.3 Å². The molecule has 2 aromatic rings. The first-order valence-electron chi connectivity index (χ1n) is 6.51. The maximum absolute atomic E-state index is 11.6. The number of ketones is 1. The maximum Gasteiger partial charge on any atom is 0.239 e. The molecule has 0 saturated carbocycles. The number of aromatic nitrogens is 1. The molecular formula is C16H15N3O3. The lowest BCUT2D eigenvalue weighted by molar-refractivity contribution is 0.101. The average Bonchev–Trinajstić information content (AvgIpc) is 2.47. The van der Waals surface area contributed by atoms with Crippen molar-refractivity contribution in [1.82, 2.24) is 4.98 Å². The zero-order valence-electron chi connectivity index (χ0n) is 12.5. The molecule has 6 nitrogen and oxygen atoms in total. The van der Waals surface area contributed by atoms with Crippen molar-refractivity contribution >= 4 is 11.5 Å². The Hall–Kier alpha value is -3.07. The highest BCUT2D eigenvalue weighted by molar-refractivity contribution is 6.01. The van der Waals surface area contributed by atoms with Gasteiger partial charge in [-0.2, -0.15) is 5.26 Å². The first kappa shape index (κ1) is 15.3. The fourth-order valence-electron chi connectivity index (χ4n) is 2.08. The molecule has 0 radical (unpaired) electrons. The summed E-state index contributed by atoms with van der Waals surface area (Å²) in [5.41, 5.74) is 6.72. The summed E-state index contributed by atoms with van der Waals surface area (Å²) in [6.45, 7) is 3.03. The van der Waals surface area contributed by atoms with Gasteiger partial charge in [0.05, 0.1) is 24.1 Å². The molecular weight excluding hydrogens is 282 g/mol. The monoisotopic (exact) mass is 297 g/mol. The molecule has 0 aliphatic heterocycles. The van der Waals surface area contributed by atoms with Crippen molar-refractivity contribution in [3.05, 3.63) is 41.1 Å². The topological polar surface area (TPSA) is 98.2 Å². The average molecular weight is 297 g/mol. The van der Waals surface area contributed by atoms with Crippen LogP contribution in [0.2, 0.25) is 0 Å². The van der Waals surface area contributed by atoms with Crippen LogP contribution in [0.1, 0.15) is 28.5 Å². The molecule has 0 atom stereocenters. The predicted octanol–water partition coefficient (Wildman–Crippen LogP) is 2.85. The number of Topliss-reactive ketones (excluding diaryl/α,β-unsaturated/α-hetero) is 1. The number of hydrogen-bond donors (Lipinski definition) is 1. The highest BCUT2D eigenvalue weighted by Crippen LogP contribution is 2.31. The van der Waals surface area contributed by atoms with Crippen LogP contribution in [0, 0.1) is 18.3 Å². The Morgan fingerprint density at radius 1 is 1.27 bits per heavy atom. The van der Waals surface area contributed by atoms with Crippen molar-refractivity contribution < 1.29 is 14.3 Å². The van der Waals surface area contributed by atoms with Crippen LogP contribution in [0.15, 0.2) is 24.3 Å². The molecule has 1 aromatic heterocycles. The predicted molar refractivity (Wildman–Crippen MR) is 81.2 cm³/mol. The first-order valence-corrected chi connectivity index (χ1v) is 6.51. The summed E-state index contributed by atoms with van der Waals surface area (Å²) in [6.07, 6.45) is 0. The van der Waals surface area contributed by atoms with Crippen molar-refractivity contribution in [2.75, 3.05) is 12.8 Å². The fourth-order valence-corrected chi connectivity index (χ4v) is 2.08. The Bertz CT molecular complexity index is 762. The number of benzene rings is 1. The minimum atomic E-state index is -0.241. The van der Waals surface area contributed by atoms with Gasteiger partial charge in [-0.1, -0.05) is 0 Å². The van der Waals surface area contributed by atoms with Crippen molar-refractivity contribution in [1.29, 1.82) is 5.26 Å². The summed E-state index contributed by atoms with van der Waals surface area (Å²) in [5.74, 6) is 1.00. The third-order valence-corrected chi connectivity index (χ3v) is 3.12. The molecule has 0 aliphatic carbocycles. The van der Waals surface area contributed by atoms with Crippen molar-refractivity contribution in [2.24, 2.45) is 0 Å². The van der Waals surface area contributed by atoms with Gasteiger partial charge in [-0.15, -0.1) is 0 Å². The number of methoxy groups -OCH3 is 1. The molecule has 1 aromatic carbocycles. The maximum atomic E-state index is 11.6. The van der Waals surface area contributed by atoms with E-state index in [-0.39, 0.29) is 28.5 Å². The minimum absolute atomic E-state index is 0.0478. The number of nitrogens with two attached hydrogens (primary N) is 1. The number of carbonyl (C=O) groups is 1. The second kappa shape index (κ2) is 6.14. The van der Waals surface area contributed by atoms with Crippen LogP contribution in [-0.4, -0.2) is 17.9 Å². The van der Waals surface area contributed by atoms with Crippen LogP contribution >= 0.6 is 0 Å². The molecule has 0 aliphatic rings. The first-order chi connectivity index (χ1) is 10.5.